The van der Waals surface area contributed by atoms with Crippen LogP contribution in [0.15, 0.2) is 66.7 Å². The Kier molecular flexibility index (Phi) is 4.22. The molecule has 4 rings (SSSR count). The molecule has 1 aliphatic rings. The van der Waals surface area contributed by atoms with Gasteiger partial charge in [-0.2, -0.15) is 0 Å². The highest BCUT2D eigenvalue weighted by Gasteiger charge is 2.27. The number of nitrogens with one attached hydrogen (secondary N) is 2. The largest absolute Gasteiger partial charge is 0.289 e. The van der Waals surface area contributed by atoms with Crippen molar-refractivity contribution in [3.8, 4) is 11.1 Å². The van der Waals surface area contributed by atoms with Gasteiger partial charge in [-0.15, -0.1) is 0 Å². The molecule has 5 nitrogen and oxygen atoms in total. The second kappa shape index (κ2) is 6.70. The summed E-state index contributed by atoms with van der Waals surface area (Å²) in [6.07, 6.45) is 0. The molecule has 2 N–H and O–H groups in total. The van der Waals surface area contributed by atoms with E-state index in [0.29, 0.717) is 11.1 Å². The van der Waals surface area contributed by atoms with Crippen LogP contribution in [0.25, 0.3) is 11.1 Å². The van der Waals surface area contributed by atoms with E-state index < -0.39 is 11.8 Å². The zero-order chi connectivity index (χ0) is 19.0. The van der Waals surface area contributed by atoms with Crippen molar-refractivity contribution in [1.29, 1.82) is 0 Å². The predicted molar refractivity (Wildman–Crippen MR) is 102 cm³/mol. The lowest BCUT2D eigenvalue weighted by molar-refractivity contribution is 0.0846. The molecule has 0 aliphatic heterocycles. The third kappa shape index (κ3) is 2.98. The second-order valence-corrected chi connectivity index (χ2v) is 6.43. The van der Waals surface area contributed by atoms with E-state index in [1.54, 1.807) is 48.5 Å². The van der Waals surface area contributed by atoms with E-state index in [0.717, 1.165) is 11.1 Å². The van der Waals surface area contributed by atoms with Gasteiger partial charge in [-0.05, 0) is 35.4 Å². The van der Waals surface area contributed by atoms with Crippen molar-refractivity contribution in [3.63, 3.8) is 0 Å². The van der Waals surface area contributed by atoms with Crippen molar-refractivity contribution in [1.82, 2.24) is 10.9 Å². The first kappa shape index (κ1) is 17.0. The first-order valence-electron chi connectivity index (χ1n) is 8.19. The summed E-state index contributed by atoms with van der Waals surface area (Å²) in [6, 6.07) is 18.7. The highest BCUT2D eigenvalue weighted by molar-refractivity contribution is 6.33. The number of rotatable bonds is 2. The third-order valence-corrected chi connectivity index (χ3v) is 4.73. The monoisotopic (exact) mass is 376 g/mol. The number of carbonyl (C=O) groups is 3. The Balaban J connectivity index is 1.52. The Morgan fingerprint density at radius 1 is 0.704 bits per heavy atom. The van der Waals surface area contributed by atoms with Gasteiger partial charge < -0.3 is 0 Å². The maximum Gasteiger partial charge on any atom is 0.271 e. The molecule has 0 aromatic heterocycles. The average molecular weight is 377 g/mol. The summed E-state index contributed by atoms with van der Waals surface area (Å²) in [7, 11) is 0. The van der Waals surface area contributed by atoms with Gasteiger partial charge in [-0.1, -0.05) is 54.1 Å². The topological polar surface area (TPSA) is 75.3 Å². The van der Waals surface area contributed by atoms with Crippen LogP contribution in [0, 0.1) is 0 Å². The maximum absolute atomic E-state index is 12.5. The number of halogens is 1. The van der Waals surface area contributed by atoms with Crippen LogP contribution in [0.5, 0.6) is 0 Å². The van der Waals surface area contributed by atoms with Crippen LogP contribution >= 0.6 is 11.6 Å². The number of hydrazine groups is 1. The summed E-state index contributed by atoms with van der Waals surface area (Å²) < 4.78 is 0. The normalized spacial score (nSPS) is 11.5. The minimum atomic E-state index is -0.529. The van der Waals surface area contributed by atoms with E-state index >= 15 is 0 Å². The Labute approximate surface area is 159 Å². The van der Waals surface area contributed by atoms with E-state index in [1.165, 1.54) is 6.07 Å². The standard InChI is InChI=1S/C21H13ClN2O3/c22-18-8-4-3-7-16(18)21(27)24-23-20(26)12-9-10-14-13-5-1-2-6-15(13)19(25)17(14)11-12/h1-11H,(H,23,26)(H,24,27). The Morgan fingerprint density at radius 3 is 2.11 bits per heavy atom. The molecule has 3 aromatic rings. The van der Waals surface area contributed by atoms with Crippen molar-refractivity contribution in [2.24, 2.45) is 0 Å². The molecule has 0 fully saturated rings. The van der Waals surface area contributed by atoms with Crippen molar-refractivity contribution in [2.75, 3.05) is 0 Å². The lowest BCUT2D eigenvalue weighted by atomic mass is 10.0. The lowest BCUT2D eigenvalue weighted by Crippen LogP contribution is -2.41. The van der Waals surface area contributed by atoms with Crippen molar-refractivity contribution in [2.45, 2.75) is 0 Å². The van der Waals surface area contributed by atoms with E-state index in [-0.39, 0.29) is 21.9 Å². The number of hydrogen-bond donors (Lipinski definition) is 2. The Morgan fingerprint density at radius 2 is 1.33 bits per heavy atom. The molecule has 0 spiro atoms. The molecular weight excluding hydrogens is 364 g/mol. The SMILES string of the molecule is O=C(NNC(=O)c1ccccc1Cl)c1ccc2c(c1)C(=O)c1ccccc1-2. The van der Waals surface area contributed by atoms with Crippen LogP contribution < -0.4 is 10.9 Å². The molecule has 0 radical (unpaired) electrons. The molecule has 2 amide bonds. The fraction of sp³-hybridized carbons (Fsp3) is 0. The Bertz CT molecular complexity index is 1110. The van der Waals surface area contributed by atoms with Crippen LogP contribution in [-0.4, -0.2) is 17.6 Å². The van der Waals surface area contributed by atoms with Crippen LogP contribution in [0.1, 0.15) is 36.6 Å². The zero-order valence-electron chi connectivity index (χ0n) is 14.0. The van der Waals surface area contributed by atoms with Gasteiger partial charge in [0.25, 0.3) is 11.8 Å². The van der Waals surface area contributed by atoms with Gasteiger partial charge in [0.2, 0.25) is 0 Å². The molecule has 6 heteroatoms. The number of fused-ring (bicyclic) bond motifs is 3. The van der Waals surface area contributed by atoms with E-state index in [2.05, 4.69) is 10.9 Å². The van der Waals surface area contributed by atoms with Gasteiger partial charge in [-0.3, -0.25) is 25.2 Å². The molecule has 0 bridgehead atoms. The molecule has 0 unspecified atom stereocenters. The fourth-order valence-electron chi connectivity index (χ4n) is 3.07. The van der Waals surface area contributed by atoms with Gasteiger partial charge in [0, 0.05) is 16.7 Å². The van der Waals surface area contributed by atoms with E-state index in [4.69, 9.17) is 11.6 Å². The first-order chi connectivity index (χ1) is 13.1. The minimum Gasteiger partial charge on any atom is -0.289 e. The molecule has 0 atom stereocenters. The smallest absolute Gasteiger partial charge is 0.271 e. The molecule has 0 saturated heterocycles. The van der Waals surface area contributed by atoms with Gasteiger partial charge in [0.15, 0.2) is 5.78 Å². The summed E-state index contributed by atoms with van der Waals surface area (Å²) in [5.41, 5.74) is 7.94. The van der Waals surface area contributed by atoms with Crippen LogP contribution in [0.4, 0.5) is 0 Å². The molecule has 27 heavy (non-hydrogen) atoms. The Hall–Kier alpha value is -3.44. The number of hydrogen-bond acceptors (Lipinski definition) is 3. The predicted octanol–water partition coefficient (Wildman–Crippen LogP) is 3.63. The van der Waals surface area contributed by atoms with E-state index in [9.17, 15) is 14.4 Å². The summed E-state index contributed by atoms with van der Waals surface area (Å²) in [6.45, 7) is 0. The highest BCUT2D eigenvalue weighted by atomic mass is 35.5. The molecule has 132 valence electrons. The highest BCUT2D eigenvalue weighted by Crippen LogP contribution is 2.36. The van der Waals surface area contributed by atoms with Gasteiger partial charge in [-0.25, -0.2) is 0 Å². The quantitative estimate of drug-likeness (QED) is 0.524. The van der Waals surface area contributed by atoms with Gasteiger partial charge >= 0.3 is 0 Å². The number of ketones is 1. The minimum absolute atomic E-state index is 0.115. The summed E-state index contributed by atoms with van der Waals surface area (Å²) >= 11 is 5.96. The second-order valence-electron chi connectivity index (χ2n) is 6.02. The summed E-state index contributed by atoms with van der Waals surface area (Å²) in [5, 5.41) is 0.283. The van der Waals surface area contributed by atoms with Crippen LogP contribution in [0.2, 0.25) is 5.02 Å². The molecule has 0 heterocycles. The van der Waals surface area contributed by atoms with Crippen molar-refractivity contribution >= 4 is 29.2 Å². The number of amides is 2. The number of carbonyl (C=O) groups excluding carboxylic acids is 3. The van der Waals surface area contributed by atoms with E-state index in [1.807, 2.05) is 12.1 Å². The van der Waals surface area contributed by atoms with Gasteiger partial charge in [0.05, 0.1) is 10.6 Å². The van der Waals surface area contributed by atoms with Crippen LogP contribution in [0.3, 0.4) is 0 Å². The lowest BCUT2D eigenvalue weighted by Gasteiger charge is -2.09. The maximum atomic E-state index is 12.5. The van der Waals surface area contributed by atoms with Crippen molar-refractivity contribution < 1.29 is 14.4 Å². The molecular formula is C21H13ClN2O3. The molecule has 0 saturated carbocycles. The number of benzene rings is 3. The zero-order valence-corrected chi connectivity index (χ0v) is 14.7. The van der Waals surface area contributed by atoms with Crippen LogP contribution in [-0.2, 0) is 0 Å². The van der Waals surface area contributed by atoms with Gasteiger partial charge in [0.1, 0.15) is 0 Å². The summed E-state index contributed by atoms with van der Waals surface area (Å²) in [4.78, 5) is 37.0. The average Bonchev–Trinajstić information content (AvgIpc) is 2.98. The molecule has 1 aliphatic carbocycles. The summed E-state index contributed by atoms with van der Waals surface area (Å²) in [5.74, 6) is -1.17. The first-order valence-corrected chi connectivity index (χ1v) is 8.57. The van der Waals surface area contributed by atoms with Crippen molar-refractivity contribution in [3.05, 3.63) is 94.0 Å². The molecule has 3 aromatic carbocycles. The third-order valence-electron chi connectivity index (χ3n) is 4.40. The fourth-order valence-corrected chi connectivity index (χ4v) is 3.29.